The molecule has 0 aromatic heterocycles. The average Bonchev–Trinajstić information content (AvgIpc) is 1.90. The Morgan fingerprint density at radius 1 is 1.22 bits per heavy atom. The summed E-state index contributed by atoms with van der Waals surface area (Å²) in [5, 5.41) is 1.56. The predicted octanol–water partition coefficient (Wildman–Crippen LogP) is 1.06. The summed E-state index contributed by atoms with van der Waals surface area (Å²) in [6.07, 6.45) is 0. The maximum atomic E-state index is 2.35. The van der Waals surface area contributed by atoms with E-state index in [1.54, 1.807) is 28.5 Å². The van der Waals surface area contributed by atoms with Crippen LogP contribution >= 0.6 is 0 Å². The van der Waals surface area contributed by atoms with Gasteiger partial charge in [-0.25, -0.2) is 0 Å². The molecule has 0 bridgehead atoms. The van der Waals surface area contributed by atoms with E-state index in [0.29, 0.717) is 0 Å². The third-order valence-electron chi connectivity index (χ3n) is 1.21. The fraction of sp³-hybridized carbons (Fsp3) is 0.143. The molecule has 0 N–H and O–H groups in total. The predicted molar refractivity (Wildman–Crippen MR) is 37.7 cm³/mol. The first-order valence-electron chi connectivity index (χ1n) is 2.91. The van der Waals surface area contributed by atoms with E-state index in [-0.39, 0.29) is 5.43 Å². The summed E-state index contributed by atoms with van der Waals surface area (Å²) in [5.41, 5.74) is -0.122. The number of hydrogen-bond acceptors (Lipinski definition) is 0. The maximum absolute atomic E-state index is 2.35. The third kappa shape index (κ3) is 2.19. The van der Waals surface area contributed by atoms with Gasteiger partial charge >= 0.3 is 70.8 Å². The standard InChI is InChI=1S/C7H8Si.Zr/c1-8-7-5-3-2-4-6-7;/h2-6H,1H3;. The van der Waals surface area contributed by atoms with E-state index < -0.39 is 0 Å². The number of rotatable bonds is 1. The Hall–Kier alpha value is 0.320. The van der Waals surface area contributed by atoms with Gasteiger partial charge in [-0.2, -0.15) is 0 Å². The van der Waals surface area contributed by atoms with E-state index in [9.17, 15) is 0 Å². The Labute approximate surface area is 70.7 Å². The Morgan fingerprint density at radius 3 is 2.11 bits per heavy atom. The summed E-state index contributed by atoms with van der Waals surface area (Å²) in [5.74, 6) is 0. The minimum atomic E-state index is -0.122. The second-order valence-electron chi connectivity index (χ2n) is 1.99. The van der Waals surface area contributed by atoms with Crippen LogP contribution in [0.2, 0.25) is 6.55 Å². The molecule has 0 nitrogen and oxygen atoms in total. The van der Waals surface area contributed by atoms with Gasteiger partial charge in [-0.3, -0.25) is 0 Å². The van der Waals surface area contributed by atoms with Crippen molar-refractivity contribution in [3.05, 3.63) is 30.3 Å². The number of hydrogen-bond donors (Lipinski definition) is 0. The second-order valence-corrected chi connectivity index (χ2v) is 9.35. The molecule has 0 aliphatic heterocycles. The van der Waals surface area contributed by atoms with E-state index in [2.05, 4.69) is 36.9 Å². The Morgan fingerprint density at radius 2 is 1.78 bits per heavy atom. The first kappa shape index (κ1) is 7.43. The van der Waals surface area contributed by atoms with Gasteiger partial charge in [0, 0.05) is 0 Å². The second kappa shape index (κ2) is 3.48. The van der Waals surface area contributed by atoms with Gasteiger partial charge in [-0.15, -0.1) is 0 Å². The van der Waals surface area contributed by atoms with Crippen molar-refractivity contribution >= 4 is 10.6 Å². The monoisotopic (exact) mass is 210 g/mol. The summed E-state index contributed by atoms with van der Waals surface area (Å²) in [7, 11) is 0. The molecule has 2 heteroatoms. The molecule has 0 saturated carbocycles. The van der Waals surface area contributed by atoms with Crippen LogP contribution in [0.1, 0.15) is 0 Å². The van der Waals surface area contributed by atoms with Gasteiger partial charge < -0.3 is 0 Å². The van der Waals surface area contributed by atoms with Crippen molar-refractivity contribution in [3.8, 4) is 0 Å². The van der Waals surface area contributed by atoms with Crippen molar-refractivity contribution < 1.29 is 23.3 Å². The summed E-state index contributed by atoms with van der Waals surface area (Å²) < 4.78 is 0. The van der Waals surface area contributed by atoms with Crippen molar-refractivity contribution in [2.45, 2.75) is 6.55 Å². The molecule has 0 fully saturated rings. The molecule has 9 heavy (non-hydrogen) atoms. The van der Waals surface area contributed by atoms with Crippen LogP contribution in [0.4, 0.5) is 0 Å². The molecule has 1 rings (SSSR count). The number of benzene rings is 1. The molecule has 0 amide bonds. The van der Waals surface area contributed by atoms with Crippen molar-refractivity contribution in [2.24, 2.45) is 0 Å². The summed E-state index contributed by atoms with van der Waals surface area (Å²) >= 11 is 1.69. The SMILES string of the molecule is C[Si](=[Zr])c1ccccc1. The molecule has 0 heterocycles. The summed E-state index contributed by atoms with van der Waals surface area (Å²) in [4.78, 5) is 0. The molecule has 1 aromatic carbocycles. The zero-order valence-electron chi connectivity index (χ0n) is 5.39. The van der Waals surface area contributed by atoms with E-state index in [4.69, 9.17) is 0 Å². The van der Waals surface area contributed by atoms with Crippen LogP contribution in [0, 0.1) is 0 Å². The van der Waals surface area contributed by atoms with Gasteiger partial charge in [0.2, 0.25) is 0 Å². The fourth-order valence-electron chi connectivity index (χ4n) is 0.688. The third-order valence-corrected chi connectivity index (χ3v) is 4.53. The topological polar surface area (TPSA) is 0 Å². The van der Waals surface area contributed by atoms with Crippen molar-refractivity contribution in [3.63, 3.8) is 0 Å². The molecule has 0 unspecified atom stereocenters. The Bertz CT molecular complexity index is 205. The van der Waals surface area contributed by atoms with Crippen molar-refractivity contribution in [1.29, 1.82) is 0 Å². The Balaban J connectivity index is 2.98. The molecule has 44 valence electrons. The molecule has 0 aliphatic rings. The van der Waals surface area contributed by atoms with Crippen molar-refractivity contribution in [1.82, 2.24) is 0 Å². The molecular formula is C7H8SiZr. The van der Waals surface area contributed by atoms with E-state index in [0.717, 1.165) is 0 Å². The normalized spacial score (nSPS) is 8.89. The first-order valence-corrected chi connectivity index (χ1v) is 8.60. The average molecular weight is 211 g/mol. The Kier molecular flexibility index (Phi) is 2.87. The summed E-state index contributed by atoms with van der Waals surface area (Å²) in [6.45, 7) is 2.35. The van der Waals surface area contributed by atoms with E-state index >= 15 is 0 Å². The molecule has 0 saturated heterocycles. The fourth-order valence-corrected chi connectivity index (χ4v) is 2.61. The van der Waals surface area contributed by atoms with Crippen LogP contribution in [0.15, 0.2) is 30.3 Å². The van der Waals surface area contributed by atoms with Crippen LogP contribution in [0.3, 0.4) is 0 Å². The molecular weight excluding hydrogens is 203 g/mol. The van der Waals surface area contributed by atoms with Crippen LogP contribution in [0.5, 0.6) is 0 Å². The van der Waals surface area contributed by atoms with E-state index in [1.165, 1.54) is 0 Å². The summed E-state index contributed by atoms with van der Waals surface area (Å²) in [6, 6.07) is 10.8. The van der Waals surface area contributed by atoms with Gasteiger partial charge in [0.1, 0.15) is 0 Å². The first-order chi connectivity index (χ1) is 4.30. The van der Waals surface area contributed by atoms with Gasteiger partial charge in [-0.05, 0) is 0 Å². The van der Waals surface area contributed by atoms with Gasteiger partial charge in [-0.1, -0.05) is 0 Å². The van der Waals surface area contributed by atoms with Crippen LogP contribution in [-0.2, 0) is 23.3 Å². The van der Waals surface area contributed by atoms with Crippen LogP contribution < -0.4 is 5.19 Å². The quantitative estimate of drug-likeness (QED) is 0.610. The van der Waals surface area contributed by atoms with E-state index in [1.807, 2.05) is 0 Å². The van der Waals surface area contributed by atoms with Gasteiger partial charge in [0.05, 0.1) is 0 Å². The molecule has 0 radical (unpaired) electrons. The van der Waals surface area contributed by atoms with Crippen LogP contribution in [-0.4, -0.2) is 5.43 Å². The molecule has 0 aliphatic carbocycles. The molecule has 0 atom stereocenters. The van der Waals surface area contributed by atoms with Crippen molar-refractivity contribution in [2.75, 3.05) is 0 Å². The van der Waals surface area contributed by atoms with Gasteiger partial charge in [0.15, 0.2) is 0 Å². The zero-order valence-corrected chi connectivity index (χ0v) is 8.84. The minimum absolute atomic E-state index is 0.122. The molecule has 0 spiro atoms. The van der Waals surface area contributed by atoms with Gasteiger partial charge in [0.25, 0.3) is 0 Å². The van der Waals surface area contributed by atoms with Crippen LogP contribution in [0.25, 0.3) is 0 Å². The zero-order chi connectivity index (χ0) is 6.69. The molecule has 1 aromatic rings.